The van der Waals surface area contributed by atoms with Crippen molar-refractivity contribution in [1.29, 1.82) is 0 Å². The molecule has 2 aromatic carbocycles. The summed E-state index contributed by atoms with van der Waals surface area (Å²) in [5.74, 6) is -2.29. The third-order valence-electron chi connectivity index (χ3n) is 8.77. The number of ether oxygens (including phenoxy) is 1. The monoisotopic (exact) mass is 557 g/mol. The highest BCUT2D eigenvalue weighted by Gasteiger charge is 2.74. The van der Waals surface area contributed by atoms with Gasteiger partial charge in [-0.3, -0.25) is 14.4 Å². The van der Waals surface area contributed by atoms with Crippen molar-refractivity contribution in [2.45, 2.75) is 51.0 Å². The van der Waals surface area contributed by atoms with Crippen LogP contribution in [0.3, 0.4) is 0 Å². The lowest BCUT2D eigenvalue weighted by molar-refractivity contribution is -0.145. The smallest absolute Gasteiger partial charge is 0.253 e. The van der Waals surface area contributed by atoms with E-state index in [0.29, 0.717) is 25.9 Å². The van der Waals surface area contributed by atoms with E-state index in [0.717, 1.165) is 22.4 Å². The number of amides is 3. The lowest BCUT2D eigenvalue weighted by Crippen LogP contribution is -2.57. The fraction of sp³-hybridized carbons (Fsp3) is 0.424. The molecular formula is C33H39N3O5. The van der Waals surface area contributed by atoms with Crippen LogP contribution in [0, 0.1) is 25.7 Å². The van der Waals surface area contributed by atoms with Crippen LogP contribution >= 0.6 is 0 Å². The number of rotatable bonds is 11. The molecule has 0 aromatic heterocycles. The summed E-state index contributed by atoms with van der Waals surface area (Å²) in [5.41, 5.74) is 2.50. The SMILES string of the molecule is C=CCN(Cc1ccccc1)C(=O)[C@@H]1[C@@H]2CCC3(O2)C(C(=O)N(CC=C)c2cc(C)ccc2C)N(CCO)C(=O)[C@H]13. The van der Waals surface area contributed by atoms with Gasteiger partial charge in [-0.05, 0) is 49.4 Å². The number of hydrogen-bond acceptors (Lipinski definition) is 5. The Labute approximate surface area is 241 Å². The molecule has 2 unspecified atom stereocenters. The van der Waals surface area contributed by atoms with Crippen molar-refractivity contribution in [2.24, 2.45) is 11.8 Å². The van der Waals surface area contributed by atoms with Gasteiger partial charge in [0.25, 0.3) is 5.91 Å². The standard InChI is InChI=1S/C33H39N3O5/c1-5-16-34(21-24-10-8-7-9-11-24)30(38)27-26-14-15-33(41-26)28(27)31(39)36(18-19-37)29(33)32(40)35(17-6-2)25-20-22(3)12-13-23(25)4/h5-13,20,26-29,37H,1-2,14-19,21H2,3-4H3/t26-,27+,28-,29?,33?/m0/s1. The Hall–Kier alpha value is -3.75. The quantitative estimate of drug-likeness (QED) is 0.428. The summed E-state index contributed by atoms with van der Waals surface area (Å²) in [4.78, 5) is 47.6. The Kier molecular flexibility index (Phi) is 8.16. The molecule has 3 fully saturated rings. The number of carbonyl (C=O) groups is 3. The molecule has 0 radical (unpaired) electrons. The summed E-state index contributed by atoms with van der Waals surface area (Å²) in [6.45, 7) is 12.3. The second kappa shape index (κ2) is 11.6. The van der Waals surface area contributed by atoms with E-state index < -0.39 is 29.6 Å². The van der Waals surface area contributed by atoms with Crippen LogP contribution in [0.4, 0.5) is 5.69 Å². The summed E-state index contributed by atoms with van der Waals surface area (Å²) in [6, 6.07) is 14.6. The maximum Gasteiger partial charge on any atom is 0.253 e. The van der Waals surface area contributed by atoms with E-state index in [1.54, 1.807) is 22.0 Å². The van der Waals surface area contributed by atoms with Crippen LogP contribution in [0.1, 0.15) is 29.5 Å². The number of β-amino-alcohol motifs (C(OH)–C–C–N with tert-alkyl or cyclic N) is 1. The van der Waals surface area contributed by atoms with Gasteiger partial charge >= 0.3 is 0 Å². The minimum absolute atomic E-state index is 0.0163. The minimum atomic E-state index is -1.14. The number of fused-ring (bicyclic) bond motifs is 1. The summed E-state index contributed by atoms with van der Waals surface area (Å²) in [7, 11) is 0. The molecule has 1 N–H and O–H groups in total. The highest BCUT2D eigenvalue weighted by molar-refractivity contribution is 6.05. The molecule has 3 amide bonds. The third-order valence-corrected chi connectivity index (χ3v) is 8.77. The molecule has 3 saturated heterocycles. The van der Waals surface area contributed by atoms with Crippen molar-refractivity contribution < 1.29 is 24.2 Å². The maximum atomic E-state index is 14.5. The summed E-state index contributed by atoms with van der Waals surface area (Å²) in [5, 5.41) is 9.95. The summed E-state index contributed by atoms with van der Waals surface area (Å²) < 4.78 is 6.60. The van der Waals surface area contributed by atoms with E-state index in [9.17, 15) is 19.5 Å². The van der Waals surface area contributed by atoms with Crippen molar-refractivity contribution in [2.75, 3.05) is 31.1 Å². The van der Waals surface area contributed by atoms with E-state index in [-0.39, 0.29) is 37.4 Å². The van der Waals surface area contributed by atoms with Crippen molar-refractivity contribution in [1.82, 2.24) is 9.80 Å². The number of aryl methyl sites for hydroxylation is 2. The van der Waals surface area contributed by atoms with Gasteiger partial charge in [-0.15, -0.1) is 13.2 Å². The second-order valence-corrected chi connectivity index (χ2v) is 11.3. The molecule has 0 aliphatic carbocycles. The molecule has 8 nitrogen and oxygen atoms in total. The average Bonchev–Trinajstić information content (AvgIpc) is 3.60. The average molecular weight is 558 g/mol. The van der Waals surface area contributed by atoms with Gasteiger partial charge < -0.3 is 24.5 Å². The molecule has 216 valence electrons. The zero-order valence-electron chi connectivity index (χ0n) is 23.9. The lowest BCUT2D eigenvalue weighted by atomic mass is 9.70. The number of benzene rings is 2. The normalized spacial score (nSPS) is 26.1. The zero-order valence-corrected chi connectivity index (χ0v) is 23.9. The highest BCUT2D eigenvalue weighted by atomic mass is 16.5. The number of hydrogen-bond donors (Lipinski definition) is 1. The molecule has 2 aromatic rings. The fourth-order valence-corrected chi connectivity index (χ4v) is 7.06. The summed E-state index contributed by atoms with van der Waals surface area (Å²) >= 11 is 0. The predicted octanol–water partition coefficient (Wildman–Crippen LogP) is 3.40. The van der Waals surface area contributed by atoms with Crippen LogP contribution in [0.5, 0.6) is 0 Å². The van der Waals surface area contributed by atoms with Crippen molar-refractivity contribution in [3.05, 3.63) is 90.5 Å². The Balaban J connectivity index is 1.52. The largest absolute Gasteiger partial charge is 0.395 e. The van der Waals surface area contributed by atoms with Crippen molar-refractivity contribution in [3.8, 4) is 0 Å². The lowest BCUT2D eigenvalue weighted by Gasteiger charge is -2.37. The maximum absolute atomic E-state index is 14.5. The van der Waals surface area contributed by atoms with E-state index >= 15 is 0 Å². The van der Waals surface area contributed by atoms with Gasteiger partial charge in [-0.1, -0.05) is 54.6 Å². The molecular weight excluding hydrogens is 518 g/mol. The molecule has 2 bridgehead atoms. The number of likely N-dealkylation sites (tertiary alicyclic amines) is 1. The minimum Gasteiger partial charge on any atom is -0.395 e. The Bertz CT molecular complexity index is 1340. The van der Waals surface area contributed by atoms with E-state index in [2.05, 4.69) is 13.2 Å². The Morgan fingerprint density at radius 3 is 2.51 bits per heavy atom. The first-order chi connectivity index (χ1) is 19.8. The van der Waals surface area contributed by atoms with E-state index in [4.69, 9.17) is 4.74 Å². The van der Waals surface area contributed by atoms with Gasteiger partial charge in [0.2, 0.25) is 11.8 Å². The molecule has 8 heteroatoms. The molecule has 5 atom stereocenters. The van der Waals surface area contributed by atoms with Gasteiger partial charge in [0, 0.05) is 31.9 Å². The van der Waals surface area contributed by atoms with Gasteiger partial charge in [0.15, 0.2) is 0 Å². The number of carbonyl (C=O) groups excluding carboxylic acids is 3. The van der Waals surface area contributed by atoms with Gasteiger partial charge in [0.05, 0.1) is 24.5 Å². The van der Waals surface area contributed by atoms with Crippen molar-refractivity contribution in [3.63, 3.8) is 0 Å². The number of nitrogens with zero attached hydrogens (tertiary/aromatic N) is 3. The van der Waals surface area contributed by atoms with Crippen LogP contribution in [0.15, 0.2) is 73.8 Å². The molecule has 5 rings (SSSR count). The van der Waals surface area contributed by atoms with E-state index in [1.165, 1.54) is 4.90 Å². The van der Waals surface area contributed by atoms with Crippen LogP contribution in [0.2, 0.25) is 0 Å². The Morgan fingerprint density at radius 1 is 1.10 bits per heavy atom. The number of aliphatic hydroxyl groups is 1. The third kappa shape index (κ3) is 4.89. The fourth-order valence-electron chi connectivity index (χ4n) is 7.06. The zero-order chi connectivity index (χ0) is 29.3. The number of anilines is 1. The number of aliphatic hydroxyl groups excluding tert-OH is 1. The van der Waals surface area contributed by atoms with Gasteiger partial charge in [-0.2, -0.15) is 0 Å². The molecule has 3 aliphatic heterocycles. The van der Waals surface area contributed by atoms with Crippen LogP contribution < -0.4 is 4.90 Å². The molecule has 41 heavy (non-hydrogen) atoms. The topological polar surface area (TPSA) is 90.4 Å². The predicted molar refractivity (Wildman–Crippen MR) is 157 cm³/mol. The van der Waals surface area contributed by atoms with Crippen LogP contribution in [0.25, 0.3) is 0 Å². The highest BCUT2D eigenvalue weighted by Crippen LogP contribution is 2.59. The second-order valence-electron chi connectivity index (χ2n) is 11.3. The molecule has 0 saturated carbocycles. The first-order valence-corrected chi connectivity index (χ1v) is 14.3. The van der Waals surface area contributed by atoms with Crippen LogP contribution in [-0.4, -0.2) is 76.6 Å². The molecule has 3 heterocycles. The first-order valence-electron chi connectivity index (χ1n) is 14.3. The van der Waals surface area contributed by atoms with E-state index in [1.807, 2.05) is 62.4 Å². The van der Waals surface area contributed by atoms with Gasteiger partial charge in [-0.25, -0.2) is 0 Å². The molecule has 1 spiro atoms. The van der Waals surface area contributed by atoms with Crippen LogP contribution in [-0.2, 0) is 25.7 Å². The van der Waals surface area contributed by atoms with Crippen molar-refractivity contribution >= 4 is 23.4 Å². The summed E-state index contributed by atoms with van der Waals surface area (Å²) in [6.07, 6.45) is 3.96. The Morgan fingerprint density at radius 2 is 1.83 bits per heavy atom. The first kappa shape index (κ1) is 28.8. The molecule has 3 aliphatic rings. The van der Waals surface area contributed by atoms with Gasteiger partial charge in [0.1, 0.15) is 11.6 Å².